The molecule has 0 radical (unpaired) electrons. The molecule has 0 saturated carbocycles. The second-order valence-electron chi connectivity index (χ2n) is 9.21. The van der Waals surface area contributed by atoms with Gasteiger partial charge >= 0.3 is 18.1 Å². The number of aromatic nitrogens is 1. The maximum atomic E-state index is 12.9. The van der Waals surface area contributed by atoms with Crippen molar-refractivity contribution in [3.8, 4) is 5.75 Å². The summed E-state index contributed by atoms with van der Waals surface area (Å²) in [6.07, 6.45) is 1.61. The van der Waals surface area contributed by atoms with Crippen LogP contribution >= 0.6 is 0 Å². The van der Waals surface area contributed by atoms with Gasteiger partial charge in [-0.1, -0.05) is 36.9 Å². The van der Waals surface area contributed by atoms with E-state index >= 15 is 0 Å². The number of ether oxygens (including phenoxy) is 2. The van der Waals surface area contributed by atoms with Gasteiger partial charge in [-0.25, -0.2) is 19.4 Å². The van der Waals surface area contributed by atoms with Crippen molar-refractivity contribution in [2.45, 2.75) is 32.4 Å². The van der Waals surface area contributed by atoms with Crippen molar-refractivity contribution < 1.29 is 38.2 Å². The molecule has 13 nitrogen and oxygen atoms in total. The number of amides is 4. The molecule has 42 heavy (non-hydrogen) atoms. The smallest absolute Gasteiger partial charge is 0.408 e. The molecule has 0 bridgehead atoms. The molecule has 4 N–H and O–H groups in total. The van der Waals surface area contributed by atoms with Gasteiger partial charge in [0, 0.05) is 19.2 Å². The first-order chi connectivity index (χ1) is 20.1. The van der Waals surface area contributed by atoms with Crippen LogP contribution in [0.3, 0.4) is 0 Å². The zero-order valence-electron chi connectivity index (χ0n) is 23.5. The number of oxazole rings is 1. The van der Waals surface area contributed by atoms with E-state index in [1.165, 1.54) is 24.3 Å². The van der Waals surface area contributed by atoms with Gasteiger partial charge in [-0.15, -0.1) is 0 Å². The zero-order chi connectivity index (χ0) is 30.6. The van der Waals surface area contributed by atoms with E-state index in [1.54, 1.807) is 31.3 Å². The van der Waals surface area contributed by atoms with Crippen LogP contribution in [0.2, 0.25) is 0 Å². The minimum atomic E-state index is -1.29. The number of urea groups is 1. The van der Waals surface area contributed by atoms with Crippen LogP contribution in [0, 0.1) is 6.92 Å². The molecule has 2 aromatic carbocycles. The number of aliphatic carboxylic acids is 1. The van der Waals surface area contributed by atoms with Crippen LogP contribution in [0.15, 0.2) is 65.8 Å². The quantitative estimate of drug-likeness (QED) is 0.220. The van der Waals surface area contributed by atoms with E-state index in [0.29, 0.717) is 22.7 Å². The summed E-state index contributed by atoms with van der Waals surface area (Å²) in [6, 6.07) is 10.7. The summed E-state index contributed by atoms with van der Waals surface area (Å²) in [5.41, 5.74) is 2.96. The molecule has 222 valence electrons. The van der Waals surface area contributed by atoms with Gasteiger partial charge in [-0.2, -0.15) is 0 Å². The maximum absolute atomic E-state index is 12.9. The summed E-state index contributed by atoms with van der Waals surface area (Å²) in [4.78, 5) is 54.3. The number of benzene rings is 2. The van der Waals surface area contributed by atoms with E-state index in [4.69, 9.17) is 13.9 Å². The lowest BCUT2D eigenvalue weighted by molar-refractivity contribution is -0.139. The number of methoxy groups -OCH3 is 1. The number of aryl methyl sites for hydroxylation is 1. The molecular weight excluding hydrogens is 546 g/mol. The van der Waals surface area contributed by atoms with Gasteiger partial charge in [0.15, 0.2) is 0 Å². The molecule has 4 amide bonds. The van der Waals surface area contributed by atoms with Crippen LogP contribution in [0.5, 0.6) is 5.75 Å². The Labute approximate surface area is 242 Å². The van der Waals surface area contributed by atoms with Crippen LogP contribution in [-0.4, -0.2) is 65.8 Å². The molecule has 0 fully saturated rings. The molecule has 1 aromatic heterocycles. The van der Waals surface area contributed by atoms with E-state index in [-0.39, 0.29) is 43.5 Å². The Morgan fingerprint density at radius 3 is 2.57 bits per heavy atom. The number of hydrogen-bond acceptors (Lipinski definition) is 8. The number of carboxylic acid groups (broad SMARTS) is 1. The number of carbonyl (C=O) groups excluding carboxylic acids is 3. The van der Waals surface area contributed by atoms with Gasteiger partial charge in [-0.3, -0.25) is 4.79 Å². The fourth-order valence-electron chi connectivity index (χ4n) is 3.78. The SMILES string of the molecule is C=CCOC(=O)NC(Cc1coc(CN(C)C(=O)Cc2ccc(NC(=O)Nc3ccccc3C)c(OC)c2)n1)C(=O)O. The number of hydrogen-bond donors (Lipinski definition) is 4. The summed E-state index contributed by atoms with van der Waals surface area (Å²) >= 11 is 0. The molecule has 1 heterocycles. The largest absolute Gasteiger partial charge is 0.495 e. The Balaban J connectivity index is 1.56. The summed E-state index contributed by atoms with van der Waals surface area (Å²) in [7, 11) is 3.04. The van der Waals surface area contributed by atoms with Crippen LogP contribution in [0.4, 0.5) is 21.0 Å². The van der Waals surface area contributed by atoms with E-state index in [0.717, 1.165) is 5.56 Å². The van der Waals surface area contributed by atoms with Gasteiger partial charge in [-0.05, 0) is 36.2 Å². The van der Waals surface area contributed by atoms with Gasteiger partial charge < -0.3 is 39.8 Å². The molecule has 3 rings (SSSR count). The third-order valence-electron chi connectivity index (χ3n) is 6.00. The van der Waals surface area contributed by atoms with Gasteiger partial charge in [0.05, 0.1) is 31.5 Å². The average molecular weight is 580 g/mol. The van der Waals surface area contributed by atoms with Crippen molar-refractivity contribution in [3.05, 3.63) is 84.1 Å². The molecule has 0 aliphatic heterocycles. The monoisotopic (exact) mass is 579 g/mol. The van der Waals surface area contributed by atoms with E-state index in [2.05, 4.69) is 27.5 Å². The highest BCUT2D eigenvalue weighted by Gasteiger charge is 2.23. The highest BCUT2D eigenvalue weighted by atomic mass is 16.5. The van der Waals surface area contributed by atoms with Crippen molar-refractivity contribution in [1.82, 2.24) is 15.2 Å². The number of likely N-dealkylation sites (N-methyl/N-ethyl adjacent to an activating group) is 1. The molecule has 1 atom stereocenters. The van der Waals surface area contributed by atoms with Crippen molar-refractivity contribution in [1.29, 1.82) is 0 Å². The molecule has 3 aromatic rings. The first-order valence-corrected chi connectivity index (χ1v) is 12.8. The van der Waals surface area contributed by atoms with Gasteiger partial charge in [0.1, 0.15) is 24.7 Å². The van der Waals surface area contributed by atoms with Crippen LogP contribution < -0.4 is 20.7 Å². The molecule has 0 aliphatic rings. The first-order valence-electron chi connectivity index (χ1n) is 12.8. The number of nitrogens with zero attached hydrogens (tertiary/aromatic N) is 2. The van der Waals surface area contributed by atoms with E-state index in [9.17, 15) is 24.3 Å². The van der Waals surface area contributed by atoms with E-state index in [1.807, 2.05) is 25.1 Å². The Hall–Kier alpha value is -5.33. The third-order valence-corrected chi connectivity index (χ3v) is 6.00. The van der Waals surface area contributed by atoms with E-state index < -0.39 is 24.1 Å². The van der Waals surface area contributed by atoms with Crippen molar-refractivity contribution in [3.63, 3.8) is 0 Å². The average Bonchev–Trinajstić information content (AvgIpc) is 3.39. The minimum absolute atomic E-state index is 0.0290. The normalized spacial score (nSPS) is 11.1. The predicted octanol–water partition coefficient (Wildman–Crippen LogP) is 3.74. The minimum Gasteiger partial charge on any atom is -0.495 e. The number of carboxylic acids is 1. The maximum Gasteiger partial charge on any atom is 0.408 e. The third kappa shape index (κ3) is 9.11. The van der Waals surface area contributed by atoms with Crippen LogP contribution in [0.25, 0.3) is 0 Å². The molecule has 0 aliphatic carbocycles. The fraction of sp³-hybridized carbons (Fsp3) is 0.276. The molecule has 1 unspecified atom stereocenters. The highest BCUT2D eigenvalue weighted by Crippen LogP contribution is 2.26. The Bertz CT molecular complexity index is 1440. The second-order valence-corrected chi connectivity index (χ2v) is 9.21. The standard InChI is InChI=1S/C29H33N5O8/c1-5-12-41-29(39)33-23(27(36)37)15-20-17-42-25(30-20)16-34(3)26(35)14-19-10-11-22(24(13-19)40-4)32-28(38)31-21-9-7-6-8-18(21)2/h5-11,13,17,23H,1,12,14-16H2,2-4H3,(H,33,39)(H,36,37)(H2,31,32,38). The fourth-order valence-corrected chi connectivity index (χ4v) is 3.78. The van der Waals surface area contributed by atoms with Crippen molar-refractivity contribution >= 4 is 35.4 Å². The van der Waals surface area contributed by atoms with Crippen molar-refractivity contribution in [2.24, 2.45) is 0 Å². The number of rotatable bonds is 13. The number of nitrogens with one attached hydrogen (secondary N) is 3. The predicted molar refractivity (Wildman–Crippen MR) is 153 cm³/mol. The lowest BCUT2D eigenvalue weighted by atomic mass is 10.1. The van der Waals surface area contributed by atoms with Crippen LogP contribution in [0.1, 0.15) is 22.7 Å². The summed E-state index contributed by atoms with van der Waals surface area (Å²) in [5.74, 6) is -0.943. The van der Waals surface area contributed by atoms with Crippen LogP contribution in [-0.2, 0) is 33.7 Å². The number of carbonyl (C=O) groups is 4. The highest BCUT2D eigenvalue weighted by molar-refractivity contribution is 6.01. The Kier molecular flexibility index (Phi) is 11.1. The molecule has 0 spiro atoms. The van der Waals surface area contributed by atoms with Crippen molar-refractivity contribution in [2.75, 3.05) is 31.4 Å². The molecule has 13 heteroatoms. The van der Waals surface area contributed by atoms with Gasteiger partial charge in [0.2, 0.25) is 11.8 Å². The Morgan fingerprint density at radius 1 is 1.14 bits per heavy atom. The first kappa shape index (κ1) is 31.2. The van der Waals surface area contributed by atoms with Gasteiger partial charge in [0.25, 0.3) is 0 Å². The molecule has 0 saturated heterocycles. The topological polar surface area (TPSA) is 172 Å². The summed E-state index contributed by atoms with van der Waals surface area (Å²) in [5, 5.41) is 17.2. The lowest BCUT2D eigenvalue weighted by Gasteiger charge is -2.16. The zero-order valence-corrected chi connectivity index (χ0v) is 23.5. The number of alkyl carbamates (subject to hydrolysis) is 1. The Morgan fingerprint density at radius 2 is 1.88 bits per heavy atom. The number of anilines is 2. The molecular formula is C29H33N5O8. The summed E-state index contributed by atoms with van der Waals surface area (Å²) in [6.45, 7) is 5.27. The number of para-hydroxylation sites is 1. The summed E-state index contributed by atoms with van der Waals surface area (Å²) < 4.78 is 15.6. The lowest BCUT2D eigenvalue weighted by Crippen LogP contribution is -2.42. The second kappa shape index (κ2) is 14.9.